The molecule has 1 aromatic heterocycles. The zero-order chi connectivity index (χ0) is 10.8. The molecule has 1 unspecified atom stereocenters. The number of aromatic nitrogens is 2. The summed E-state index contributed by atoms with van der Waals surface area (Å²) in [5.74, 6) is 0.217. The quantitative estimate of drug-likeness (QED) is 0.880. The van der Waals surface area contributed by atoms with Gasteiger partial charge in [-0.25, -0.2) is 9.37 Å². The Morgan fingerprint density at radius 2 is 2.27 bits per heavy atom. The Labute approximate surface area is 94.7 Å². The van der Waals surface area contributed by atoms with Crippen molar-refractivity contribution in [3.05, 3.63) is 52.3 Å². The SMILES string of the molecule is NC(c1ncc[nH]1)c1cc(Br)ccc1F. The van der Waals surface area contributed by atoms with Gasteiger partial charge in [0.15, 0.2) is 0 Å². The molecule has 1 atom stereocenters. The Morgan fingerprint density at radius 3 is 2.93 bits per heavy atom. The molecule has 3 nitrogen and oxygen atoms in total. The third-order valence-electron chi connectivity index (χ3n) is 2.11. The molecule has 0 amide bonds. The maximum atomic E-state index is 13.5. The summed E-state index contributed by atoms with van der Waals surface area (Å²) in [6, 6.07) is 4.09. The third-order valence-corrected chi connectivity index (χ3v) is 2.60. The minimum atomic E-state index is -0.572. The van der Waals surface area contributed by atoms with Crippen LogP contribution in [0.25, 0.3) is 0 Å². The van der Waals surface area contributed by atoms with Gasteiger partial charge in [-0.3, -0.25) is 0 Å². The molecule has 0 aliphatic carbocycles. The highest BCUT2D eigenvalue weighted by atomic mass is 79.9. The number of nitrogens with one attached hydrogen (secondary N) is 1. The summed E-state index contributed by atoms with van der Waals surface area (Å²) in [6.45, 7) is 0. The summed E-state index contributed by atoms with van der Waals surface area (Å²) in [7, 11) is 0. The second-order valence-electron chi connectivity index (χ2n) is 3.12. The number of hydrogen-bond donors (Lipinski definition) is 2. The molecule has 0 saturated heterocycles. The Kier molecular flexibility index (Phi) is 2.83. The lowest BCUT2D eigenvalue weighted by molar-refractivity contribution is 0.594. The summed E-state index contributed by atoms with van der Waals surface area (Å²) < 4.78 is 14.3. The van der Waals surface area contributed by atoms with E-state index in [0.717, 1.165) is 4.47 Å². The highest BCUT2D eigenvalue weighted by Gasteiger charge is 2.15. The lowest BCUT2D eigenvalue weighted by Crippen LogP contribution is -2.15. The highest BCUT2D eigenvalue weighted by Crippen LogP contribution is 2.23. The molecule has 0 bridgehead atoms. The van der Waals surface area contributed by atoms with Gasteiger partial charge in [0, 0.05) is 22.4 Å². The van der Waals surface area contributed by atoms with Crippen LogP contribution in [-0.4, -0.2) is 9.97 Å². The molecular formula is C10H9BrFN3. The number of nitrogens with two attached hydrogens (primary N) is 1. The van der Waals surface area contributed by atoms with E-state index in [-0.39, 0.29) is 5.82 Å². The number of rotatable bonds is 2. The molecule has 0 spiro atoms. The van der Waals surface area contributed by atoms with Gasteiger partial charge >= 0.3 is 0 Å². The van der Waals surface area contributed by atoms with Crippen LogP contribution >= 0.6 is 15.9 Å². The maximum Gasteiger partial charge on any atom is 0.128 e. The van der Waals surface area contributed by atoms with Crippen LogP contribution in [0, 0.1) is 5.82 Å². The average Bonchev–Trinajstić information content (AvgIpc) is 2.74. The van der Waals surface area contributed by atoms with Gasteiger partial charge in [-0.1, -0.05) is 15.9 Å². The predicted octanol–water partition coefficient (Wildman–Crippen LogP) is 2.36. The molecule has 0 fully saturated rings. The van der Waals surface area contributed by atoms with Crippen LogP contribution in [0.4, 0.5) is 4.39 Å². The second-order valence-corrected chi connectivity index (χ2v) is 4.03. The Morgan fingerprint density at radius 1 is 1.47 bits per heavy atom. The zero-order valence-electron chi connectivity index (χ0n) is 7.74. The van der Waals surface area contributed by atoms with E-state index in [1.807, 2.05) is 0 Å². The minimum absolute atomic E-state index is 0.331. The largest absolute Gasteiger partial charge is 0.347 e. The molecule has 1 aromatic carbocycles. The van der Waals surface area contributed by atoms with E-state index in [1.54, 1.807) is 24.5 Å². The van der Waals surface area contributed by atoms with Crippen molar-refractivity contribution >= 4 is 15.9 Å². The first-order valence-electron chi connectivity index (χ1n) is 4.38. The number of halogens is 2. The fourth-order valence-electron chi connectivity index (χ4n) is 1.35. The summed E-state index contributed by atoms with van der Waals surface area (Å²) >= 11 is 3.28. The van der Waals surface area contributed by atoms with Gasteiger partial charge in [0.2, 0.25) is 0 Å². The van der Waals surface area contributed by atoms with Crippen LogP contribution in [-0.2, 0) is 0 Å². The predicted molar refractivity (Wildman–Crippen MR) is 58.7 cm³/mol. The highest BCUT2D eigenvalue weighted by molar-refractivity contribution is 9.10. The van der Waals surface area contributed by atoms with Crippen molar-refractivity contribution in [2.75, 3.05) is 0 Å². The van der Waals surface area contributed by atoms with Gasteiger partial charge in [-0.2, -0.15) is 0 Å². The van der Waals surface area contributed by atoms with E-state index < -0.39 is 6.04 Å². The van der Waals surface area contributed by atoms with E-state index in [9.17, 15) is 4.39 Å². The molecule has 2 rings (SSSR count). The monoisotopic (exact) mass is 269 g/mol. The summed E-state index contributed by atoms with van der Waals surface area (Å²) in [4.78, 5) is 6.86. The molecule has 78 valence electrons. The van der Waals surface area contributed by atoms with Crippen molar-refractivity contribution in [2.24, 2.45) is 5.73 Å². The molecule has 0 aliphatic rings. The molecule has 5 heteroatoms. The second kappa shape index (κ2) is 4.12. The first-order chi connectivity index (χ1) is 7.18. The number of H-pyrrole nitrogens is 1. The number of imidazole rings is 1. The minimum Gasteiger partial charge on any atom is -0.347 e. The fourth-order valence-corrected chi connectivity index (χ4v) is 1.73. The molecular weight excluding hydrogens is 261 g/mol. The maximum absolute atomic E-state index is 13.5. The third kappa shape index (κ3) is 2.08. The van der Waals surface area contributed by atoms with Gasteiger partial charge in [-0.05, 0) is 18.2 Å². The average molecular weight is 270 g/mol. The van der Waals surface area contributed by atoms with Crippen LogP contribution in [0.3, 0.4) is 0 Å². The summed E-state index contributed by atoms with van der Waals surface area (Å²) in [6.07, 6.45) is 3.25. The molecule has 1 heterocycles. The Balaban J connectivity index is 2.41. The van der Waals surface area contributed by atoms with E-state index >= 15 is 0 Å². The van der Waals surface area contributed by atoms with Crippen LogP contribution in [0.15, 0.2) is 35.1 Å². The standard InChI is InChI=1S/C10H9BrFN3/c11-6-1-2-8(12)7(5-6)9(13)10-14-3-4-15-10/h1-5,9H,13H2,(H,14,15). The number of aromatic amines is 1. The number of benzene rings is 1. The first-order valence-corrected chi connectivity index (χ1v) is 5.17. The molecule has 0 saturated carbocycles. The van der Waals surface area contributed by atoms with Crippen molar-refractivity contribution in [1.82, 2.24) is 9.97 Å². The van der Waals surface area contributed by atoms with Crippen LogP contribution in [0.2, 0.25) is 0 Å². The summed E-state index contributed by atoms with van der Waals surface area (Å²) in [5.41, 5.74) is 6.29. The smallest absolute Gasteiger partial charge is 0.128 e. The van der Waals surface area contributed by atoms with Crippen molar-refractivity contribution < 1.29 is 4.39 Å². The summed E-state index contributed by atoms with van der Waals surface area (Å²) in [5, 5.41) is 0. The number of nitrogens with zero attached hydrogens (tertiary/aromatic N) is 1. The molecule has 15 heavy (non-hydrogen) atoms. The van der Waals surface area contributed by atoms with Crippen molar-refractivity contribution in [3.8, 4) is 0 Å². The lowest BCUT2D eigenvalue weighted by atomic mass is 10.1. The van der Waals surface area contributed by atoms with E-state index in [4.69, 9.17) is 5.73 Å². The van der Waals surface area contributed by atoms with Crippen LogP contribution < -0.4 is 5.73 Å². The number of hydrogen-bond acceptors (Lipinski definition) is 2. The molecule has 3 N–H and O–H groups in total. The lowest BCUT2D eigenvalue weighted by Gasteiger charge is -2.10. The van der Waals surface area contributed by atoms with Crippen LogP contribution in [0.5, 0.6) is 0 Å². The zero-order valence-corrected chi connectivity index (χ0v) is 9.33. The van der Waals surface area contributed by atoms with Gasteiger partial charge in [-0.15, -0.1) is 0 Å². The topological polar surface area (TPSA) is 54.7 Å². The van der Waals surface area contributed by atoms with Crippen molar-refractivity contribution in [2.45, 2.75) is 6.04 Å². The Bertz CT molecular complexity index is 456. The molecule has 0 aliphatic heterocycles. The van der Waals surface area contributed by atoms with Gasteiger partial charge < -0.3 is 10.7 Å². The van der Waals surface area contributed by atoms with Gasteiger partial charge in [0.1, 0.15) is 11.6 Å². The van der Waals surface area contributed by atoms with Crippen LogP contribution in [0.1, 0.15) is 17.4 Å². The normalized spacial score (nSPS) is 12.7. The first kappa shape index (κ1) is 10.3. The molecule has 2 aromatic rings. The fraction of sp³-hybridized carbons (Fsp3) is 0.100. The van der Waals surface area contributed by atoms with Crippen molar-refractivity contribution in [1.29, 1.82) is 0 Å². The van der Waals surface area contributed by atoms with Gasteiger partial charge in [0.25, 0.3) is 0 Å². The van der Waals surface area contributed by atoms with Gasteiger partial charge in [0.05, 0.1) is 6.04 Å². The van der Waals surface area contributed by atoms with E-state index in [2.05, 4.69) is 25.9 Å². The molecule has 0 radical (unpaired) electrons. The van der Waals surface area contributed by atoms with E-state index in [1.165, 1.54) is 6.07 Å². The van der Waals surface area contributed by atoms with Crippen molar-refractivity contribution in [3.63, 3.8) is 0 Å². The van der Waals surface area contributed by atoms with E-state index in [0.29, 0.717) is 11.4 Å². The Hall–Kier alpha value is -1.20.